The van der Waals surface area contributed by atoms with Crippen LogP contribution >= 0.6 is 0 Å². The van der Waals surface area contributed by atoms with E-state index in [4.69, 9.17) is 6.17 Å². The minimum Gasteiger partial charge on any atom is -0.395 e. The van der Waals surface area contributed by atoms with Crippen LogP contribution in [0.4, 0.5) is 0 Å². The average Bonchev–Trinajstić information content (AvgIpc) is 2.03. The number of aliphatic hydroxyl groups is 1. The van der Waals surface area contributed by atoms with Crippen LogP contribution in [0.1, 0.15) is 13.8 Å². The van der Waals surface area contributed by atoms with Crippen molar-refractivity contribution in [2.24, 2.45) is 5.41 Å². The Hall–Kier alpha value is -0.740. The van der Waals surface area contributed by atoms with E-state index in [0.717, 1.165) is 0 Å². The van der Waals surface area contributed by atoms with E-state index in [-0.39, 0.29) is 24.8 Å². The second-order valence-electron chi connectivity index (χ2n) is 2.77. The topological polar surface area (TPSA) is 63.6 Å². The lowest BCUT2D eigenvalue weighted by molar-refractivity contribution is -0.145. The summed E-state index contributed by atoms with van der Waals surface area (Å²) in [6.45, 7) is 2.28. The highest BCUT2D eigenvalue weighted by Gasteiger charge is 2.39. The first-order chi connectivity index (χ1) is 6.01. The summed E-state index contributed by atoms with van der Waals surface area (Å²) in [6, 6.07) is 0. The zero-order valence-electron chi connectivity index (χ0n) is 8.55. The molecule has 0 radical (unpaired) electrons. The number of aliphatic hydroxyl groups excluding tert-OH is 1. The van der Waals surface area contributed by atoms with Gasteiger partial charge in [0.2, 0.25) is 1.43 Å². The molecular formula is C8H14O4. The molecule has 0 atom stereocenters. The van der Waals surface area contributed by atoms with Gasteiger partial charge < -0.3 is 9.85 Å². The third-order valence-corrected chi connectivity index (χ3v) is 1.98. The highest BCUT2D eigenvalue weighted by atomic mass is 16.5. The fraction of sp³-hybridized carbons (Fsp3) is 0.750. The minimum absolute atomic E-state index is 0.0451. The molecule has 0 heterocycles. The van der Waals surface area contributed by atoms with Crippen molar-refractivity contribution in [3.63, 3.8) is 0 Å². The predicted molar refractivity (Wildman–Crippen MR) is 42.8 cm³/mol. The summed E-state index contributed by atoms with van der Waals surface area (Å²) in [7, 11) is 1.39. The number of methoxy groups -OCH3 is 1. The molecule has 0 aromatic heterocycles. The molecule has 4 heteroatoms. The van der Waals surface area contributed by atoms with Gasteiger partial charge in [-0.05, 0) is 13.8 Å². The minimum atomic E-state index is -1.31. The van der Waals surface area contributed by atoms with Crippen LogP contribution in [0.2, 0.25) is 0 Å². The molecule has 12 heavy (non-hydrogen) atoms. The van der Waals surface area contributed by atoms with Gasteiger partial charge in [-0.3, -0.25) is 9.59 Å². The van der Waals surface area contributed by atoms with E-state index in [1.165, 1.54) is 21.0 Å². The third-order valence-electron chi connectivity index (χ3n) is 1.98. The Kier molecular flexibility index (Phi) is 3.37. The number of rotatable bonds is 6. The van der Waals surface area contributed by atoms with Gasteiger partial charge in [0, 0.05) is 7.11 Å². The van der Waals surface area contributed by atoms with E-state index in [1.807, 2.05) is 0 Å². The van der Waals surface area contributed by atoms with Crippen LogP contribution in [0.15, 0.2) is 0 Å². The van der Waals surface area contributed by atoms with Crippen LogP contribution in [0.25, 0.3) is 0 Å². The van der Waals surface area contributed by atoms with Crippen molar-refractivity contribution in [2.75, 3.05) is 20.3 Å². The molecule has 0 aliphatic rings. The van der Waals surface area contributed by atoms with E-state index in [9.17, 15) is 9.59 Å². The van der Waals surface area contributed by atoms with Crippen molar-refractivity contribution in [3.8, 4) is 0 Å². The first kappa shape index (κ1) is 9.35. The van der Waals surface area contributed by atoms with Crippen LogP contribution in [-0.2, 0) is 14.3 Å². The number of carbonyl (C=O) groups excluding carboxylic acids is 2. The van der Waals surface area contributed by atoms with Gasteiger partial charge in [0.1, 0.15) is 17.0 Å². The first-order valence-electron chi connectivity index (χ1n) is 4.01. The summed E-state index contributed by atoms with van der Waals surface area (Å²) in [5.74, 6) is -0.678. The molecule has 0 saturated carbocycles. The molecule has 1 N–H and O–H groups in total. The fourth-order valence-electron chi connectivity index (χ4n) is 0.942. The lowest BCUT2D eigenvalue weighted by Crippen LogP contribution is -2.44. The third kappa shape index (κ3) is 1.89. The fourth-order valence-corrected chi connectivity index (χ4v) is 0.942. The molecule has 0 amide bonds. The van der Waals surface area contributed by atoms with Gasteiger partial charge in [-0.2, -0.15) is 0 Å². The Labute approximate surface area is 73.0 Å². The largest absolute Gasteiger partial charge is 0.395 e. The van der Waals surface area contributed by atoms with Gasteiger partial charge in [-0.25, -0.2) is 0 Å². The van der Waals surface area contributed by atoms with E-state index in [2.05, 4.69) is 5.11 Å². The van der Waals surface area contributed by atoms with E-state index < -0.39 is 5.41 Å². The van der Waals surface area contributed by atoms with E-state index >= 15 is 0 Å². The van der Waals surface area contributed by atoms with Crippen molar-refractivity contribution in [1.29, 1.82) is 1.43 Å². The lowest BCUT2D eigenvalue weighted by atomic mass is 9.82. The smallest absolute Gasteiger partial charge is 0.210 e. The van der Waals surface area contributed by atoms with Gasteiger partial charge in [0.15, 0.2) is 0 Å². The molecule has 4 nitrogen and oxygen atoms in total. The molecule has 0 aliphatic heterocycles. The maximum atomic E-state index is 11.2. The highest BCUT2D eigenvalue weighted by Crippen LogP contribution is 2.19. The van der Waals surface area contributed by atoms with Crippen LogP contribution in [0, 0.1) is 5.41 Å². The zero-order valence-corrected chi connectivity index (χ0v) is 7.55. The predicted octanol–water partition coefficient (Wildman–Crippen LogP) is -0.210. The summed E-state index contributed by atoms with van der Waals surface area (Å²) in [5, 5.41) is 4.11. The molecule has 0 spiro atoms. The Morgan fingerprint density at radius 2 is 2.00 bits per heavy atom. The summed E-state index contributed by atoms with van der Waals surface area (Å²) in [6.07, 6.45) is 0. The van der Waals surface area contributed by atoms with E-state index in [0.29, 0.717) is 0 Å². The van der Waals surface area contributed by atoms with Crippen LogP contribution < -0.4 is 0 Å². The highest BCUT2D eigenvalue weighted by molar-refractivity contribution is 6.05. The van der Waals surface area contributed by atoms with Crippen LogP contribution in [0.3, 0.4) is 0 Å². The second kappa shape index (κ2) is 4.33. The molecule has 0 aliphatic carbocycles. The van der Waals surface area contributed by atoms with E-state index in [1.54, 1.807) is 0 Å². The quantitative estimate of drug-likeness (QED) is 0.569. The van der Waals surface area contributed by atoms with Crippen molar-refractivity contribution in [1.82, 2.24) is 0 Å². The Bertz CT molecular complexity index is 180. The molecular weight excluding hydrogens is 160 g/mol. The maximum Gasteiger partial charge on any atom is 0.210 e. The lowest BCUT2D eigenvalue weighted by Gasteiger charge is -2.24. The number of hydrogen-bond donors (Lipinski definition) is 1. The van der Waals surface area contributed by atoms with Gasteiger partial charge in [-0.1, -0.05) is 0 Å². The number of carbonyl (C=O) groups is 2. The molecule has 0 rings (SSSR count). The molecule has 0 unspecified atom stereocenters. The average molecular weight is 176 g/mol. The van der Waals surface area contributed by atoms with Crippen LogP contribution in [0.5, 0.6) is 0 Å². The Balaban J connectivity index is 4.80. The Morgan fingerprint density at radius 1 is 1.50 bits per heavy atom. The van der Waals surface area contributed by atoms with Gasteiger partial charge >= 0.3 is 0 Å². The number of ether oxygens (including phenoxy) is 1. The molecule has 0 aromatic rings. The Morgan fingerprint density at radius 3 is 2.25 bits per heavy atom. The SMILES string of the molecule is [3H]OCC(COC)(C(C)=O)C(C)=O. The zero-order chi connectivity index (χ0) is 10.5. The molecule has 0 saturated heterocycles. The van der Waals surface area contributed by atoms with Crippen LogP contribution in [-0.4, -0.2) is 38.4 Å². The molecule has 0 bridgehead atoms. The van der Waals surface area contributed by atoms with Crippen molar-refractivity contribution < 1.29 is 19.4 Å². The van der Waals surface area contributed by atoms with Gasteiger partial charge in [0.05, 0.1) is 13.2 Å². The monoisotopic (exact) mass is 176 g/mol. The molecule has 70 valence electrons. The summed E-state index contributed by atoms with van der Waals surface area (Å²) in [5.41, 5.74) is -1.31. The normalized spacial score (nSPS) is 12.4. The van der Waals surface area contributed by atoms with Gasteiger partial charge in [-0.15, -0.1) is 0 Å². The number of Topliss-reactive ketones (excluding diaryl/α,β-unsaturated/α-hetero) is 2. The molecule has 0 fully saturated rings. The van der Waals surface area contributed by atoms with Crippen molar-refractivity contribution >= 4 is 11.6 Å². The summed E-state index contributed by atoms with van der Waals surface area (Å²) in [4.78, 5) is 22.4. The first-order valence-corrected chi connectivity index (χ1v) is 3.60. The van der Waals surface area contributed by atoms with Gasteiger partial charge in [0.25, 0.3) is 0 Å². The maximum absolute atomic E-state index is 11.2. The summed E-state index contributed by atoms with van der Waals surface area (Å²) >= 11 is 0. The number of ketones is 2. The molecule has 0 aromatic carbocycles. The summed E-state index contributed by atoms with van der Waals surface area (Å²) < 4.78 is 11.3. The number of hydrogen-bond acceptors (Lipinski definition) is 4. The second-order valence-corrected chi connectivity index (χ2v) is 2.77. The standard InChI is InChI=1S/C8H14O4/c1-6(10)8(4-9,5-12-3)7(2)11/h9H,4-5H2,1-3H3/i9T. The van der Waals surface area contributed by atoms with Crippen molar-refractivity contribution in [3.05, 3.63) is 0 Å². The van der Waals surface area contributed by atoms with Crippen molar-refractivity contribution in [2.45, 2.75) is 13.8 Å².